The highest BCUT2D eigenvalue weighted by Gasteiger charge is 2.07. The van der Waals surface area contributed by atoms with E-state index in [1.165, 1.54) is 5.56 Å². The fourth-order valence-corrected chi connectivity index (χ4v) is 2.58. The largest absolute Gasteiger partial charge is 0.497 e. The summed E-state index contributed by atoms with van der Waals surface area (Å²) in [6.45, 7) is 2.79. The van der Waals surface area contributed by atoms with Gasteiger partial charge in [0.05, 0.1) is 21.3 Å². The lowest BCUT2D eigenvalue weighted by atomic mass is 10.0. The van der Waals surface area contributed by atoms with Crippen LogP contribution in [0, 0.1) is 5.92 Å². The van der Waals surface area contributed by atoms with Gasteiger partial charge in [-0.3, -0.25) is 4.99 Å². The number of halogens is 1. The molecule has 0 heterocycles. The molecule has 0 bridgehead atoms. The third-order valence-corrected chi connectivity index (χ3v) is 3.97. The number of anilines is 1. The summed E-state index contributed by atoms with van der Waals surface area (Å²) in [5, 5.41) is 3.08. The number of aliphatic imine (C=N–C) groups is 1. The number of benzene rings is 2. The fourth-order valence-electron chi connectivity index (χ4n) is 2.58. The molecule has 0 aliphatic heterocycles. The predicted molar refractivity (Wildman–Crippen MR) is 121 cm³/mol. The van der Waals surface area contributed by atoms with Crippen LogP contribution in [0.3, 0.4) is 0 Å². The van der Waals surface area contributed by atoms with Crippen LogP contribution in [0.1, 0.15) is 12.5 Å². The Hall–Kier alpha value is -2.16. The zero-order chi connectivity index (χ0) is 18.9. The third kappa shape index (κ3) is 7.16. The van der Waals surface area contributed by atoms with Crippen LogP contribution >= 0.6 is 24.0 Å². The molecule has 0 radical (unpaired) electrons. The van der Waals surface area contributed by atoms with Gasteiger partial charge in [-0.15, -0.1) is 24.0 Å². The van der Waals surface area contributed by atoms with Crippen molar-refractivity contribution in [1.29, 1.82) is 0 Å². The average Bonchev–Trinajstić information content (AvgIpc) is 2.67. The van der Waals surface area contributed by atoms with Gasteiger partial charge in [0.2, 0.25) is 0 Å². The zero-order valence-electron chi connectivity index (χ0n) is 16.2. The lowest BCUT2D eigenvalue weighted by molar-refractivity contribution is 0.355. The van der Waals surface area contributed by atoms with Crippen molar-refractivity contribution in [3.05, 3.63) is 48.0 Å². The Morgan fingerprint density at radius 3 is 2.26 bits per heavy atom. The molecule has 6 nitrogen and oxygen atoms in total. The Morgan fingerprint density at radius 2 is 1.67 bits per heavy atom. The van der Waals surface area contributed by atoms with Crippen molar-refractivity contribution in [1.82, 2.24) is 0 Å². The number of methoxy groups -OCH3 is 3. The van der Waals surface area contributed by atoms with Gasteiger partial charge >= 0.3 is 0 Å². The summed E-state index contributed by atoms with van der Waals surface area (Å²) in [5.41, 5.74) is 8.05. The van der Waals surface area contributed by atoms with E-state index in [2.05, 4.69) is 29.4 Å². The molecule has 0 fully saturated rings. The van der Waals surface area contributed by atoms with Crippen molar-refractivity contribution < 1.29 is 14.2 Å². The first-order chi connectivity index (χ1) is 12.5. The summed E-state index contributed by atoms with van der Waals surface area (Å²) in [4.78, 5) is 4.43. The van der Waals surface area contributed by atoms with Gasteiger partial charge in [0.15, 0.2) is 17.5 Å². The molecule has 7 heteroatoms. The molecule has 3 N–H and O–H groups in total. The van der Waals surface area contributed by atoms with E-state index in [1.807, 2.05) is 30.3 Å². The van der Waals surface area contributed by atoms with E-state index in [0.717, 1.165) is 17.9 Å². The molecule has 2 aromatic rings. The standard InChI is InChI=1S/C20H27N3O3.HI/c1-14(11-15-5-8-17(24-2)9-6-15)13-22-20(21)23-16-7-10-18(25-3)19(12-16)26-4;/h5-10,12,14H,11,13H2,1-4H3,(H3,21,22,23);1H. The monoisotopic (exact) mass is 485 g/mol. The van der Waals surface area contributed by atoms with Crippen molar-refractivity contribution in [2.45, 2.75) is 13.3 Å². The minimum Gasteiger partial charge on any atom is -0.497 e. The number of ether oxygens (including phenoxy) is 3. The van der Waals surface area contributed by atoms with Crippen molar-refractivity contribution >= 4 is 35.6 Å². The SMILES string of the molecule is COc1ccc(CC(C)CN=C(N)Nc2ccc(OC)c(OC)c2)cc1.I. The summed E-state index contributed by atoms with van der Waals surface area (Å²) in [6, 6.07) is 13.6. The van der Waals surface area contributed by atoms with E-state index >= 15 is 0 Å². The lowest BCUT2D eigenvalue weighted by Crippen LogP contribution is -2.23. The van der Waals surface area contributed by atoms with Crippen molar-refractivity contribution in [3.63, 3.8) is 0 Å². The molecule has 0 aliphatic rings. The van der Waals surface area contributed by atoms with Crippen molar-refractivity contribution in [3.8, 4) is 17.2 Å². The van der Waals surface area contributed by atoms with Gasteiger partial charge in [-0.1, -0.05) is 19.1 Å². The summed E-state index contributed by atoms with van der Waals surface area (Å²) in [7, 11) is 4.87. The molecule has 0 aliphatic carbocycles. The smallest absolute Gasteiger partial charge is 0.193 e. The van der Waals surface area contributed by atoms with Crippen LogP contribution in [-0.4, -0.2) is 33.8 Å². The molecule has 2 rings (SSSR count). The Labute approximate surface area is 178 Å². The molecule has 0 amide bonds. The molecule has 1 atom stereocenters. The van der Waals surface area contributed by atoms with Gasteiger partial charge in [0, 0.05) is 18.3 Å². The van der Waals surface area contributed by atoms with Gasteiger partial charge in [0.25, 0.3) is 0 Å². The second-order valence-corrected chi connectivity index (χ2v) is 6.08. The summed E-state index contributed by atoms with van der Waals surface area (Å²) in [6.07, 6.45) is 0.928. The summed E-state index contributed by atoms with van der Waals surface area (Å²) in [5.74, 6) is 2.91. The highest BCUT2D eigenvalue weighted by atomic mass is 127. The first-order valence-electron chi connectivity index (χ1n) is 8.47. The first kappa shape index (κ1) is 22.9. The van der Waals surface area contributed by atoms with Crippen LogP contribution in [0.2, 0.25) is 0 Å². The molecule has 148 valence electrons. The minimum absolute atomic E-state index is 0. The highest BCUT2D eigenvalue weighted by molar-refractivity contribution is 14.0. The molecular formula is C20H28IN3O3. The number of nitrogens with two attached hydrogens (primary N) is 1. The maximum absolute atomic E-state index is 6.00. The van der Waals surface area contributed by atoms with Crippen LogP contribution in [0.15, 0.2) is 47.5 Å². The Balaban J connectivity index is 0.00000364. The lowest BCUT2D eigenvalue weighted by Gasteiger charge is -2.12. The molecule has 0 spiro atoms. The molecule has 0 saturated carbocycles. The highest BCUT2D eigenvalue weighted by Crippen LogP contribution is 2.29. The molecular weight excluding hydrogens is 457 g/mol. The molecule has 0 saturated heterocycles. The van der Waals surface area contributed by atoms with Crippen molar-refractivity contribution in [2.24, 2.45) is 16.6 Å². The van der Waals surface area contributed by atoms with Gasteiger partial charge in [-0.25, -0.2) is 0 Å². The number of nitrogens with one attached hydrogen (secondary N) is 1. The van der Waals surface area contributed by atoms with Crippen LogP contribution < -0.4 is 25.3 Å². The Kier molecular flexibility index (Phi) is 9.77. The molecule has 27 heavy (non-hydrogen) atoms. The van der Waals surface area contributed by atoms with E-state index in [0.29, 0.717) is 29.9 Å². The van der Waals surface area contributed by atoms with E-state index < -0.39 is 0 Å². The van der Waals surface area contributed by atoms with Crippen molar-refractivity contribution in [2.75, 3.05) is 33.2 Å². The quantitative estimate of drug-likeness (QED) is 0.337. The van der Waals surface area contributed by atoms with Crippen LogP contribution in [0.5, 0.6) is 17.2 Å². The number of nitrogens with zero attached hydrogens (tertiary/aromatic N) is 1. The van der Waals surface area contributed by atoms with Crippen LogP contribution in [-0.2, 0) is 6.42 Å². The zero-order valence-corrected chi connectivity index (χ0v) is 18.5. The first-order valence-corrected chi connectivity index (χ1v) is 8.47. The number of hydrogen-bond acceptors (Lipinski definition) is 4. The maximum atomic E-state index is 6.00. The van der Waals surface area contributed by atoms with E-state index in [4.69, 9.17) is 19.9 Å². The van der Waals surface area contributed by atoms with Gasteiger partial charge < -0.3 is 25.3 Å². The maximum Gasteiger partial charge on any atom is 0.193 e. The number of hydrogen-bond donors (Lipinski definition) is 2. The van der Waals surface area contributed by atoms with Crippen LogP contribution in [0.25, 0.3) is 0 Å². The topological polar surface area (TPSA) is 78.1 Å². The summed E-state index contributed by atoms with van der Waals surface area (Å²) >= 11 is 0. The molecule has 0 aromatic heterocycles. The number of rotatable bonds is 8. The normalized spacial score (nSPS) is 11.9. The predicted octanol–water partition coefficient (Wildman–Crippen LogP) is 3.94. The van der Waals surface area contributed by atoms with E-state index in [1.54, 1.807) is 21.3 Å². The second-order valence-electron chi connectivity index (χ2n) is 6.08. The number of guanidine groups is 1. The third-order valence-electron chi connectivity index (χ3n) is 3.97. The van der Waals surface area contributed by atoms with Gasteiger partial charge in [0.1, 0.15) is 5.75 Å². The minimum atomic E-state index is 0. The molecule has 1 unspecified atom stereocenters. The van der Waals surface area contributed by atoms with Gasteiger partial charge in [-0.2, -0.15) is 0 Å². The summed E-state index contributed by atoms with van der Waals surface area (Å²) < 4.78 is 15.7. The average molecular weight is 485 g/mol. The van der Waals surface area contributed by atoms with Crippen LogP contribution in [0.4, 0.5) is 5.69 Å². The van der Waals surface area contributed by atoms with E-state index in [9.17, 15) is 0 Å². The molecule has 2 aromatic carbocycles. The Morgan fingerprint density at radius 1 is 1.00 bits per heavy atom. The Bertz CT molecular complexity index is 736. The van der Waals surface area contributed by atoms with E-state index in [-0.39, 0.29) is 24.0 Å². The fraction of sp³-hybridized carbons (Fsp3) is 0.350. The second kappa shape index (κ2) is 11.5. The van der Waals surface area contributed by atoms with Gasteiger partial charge in [-0.05, 0) is 42.2 Å².